The molecule has 0 spiro atoms. The topological polar surface area (TPSA) is 57.5 Å². The van der Waals surface area contributed by atoms with E-state index in [1.165, 1.54) is 25.1 Å². The van der Waals surface area contributed by atoms with Gasteiger partial charge in [-0.2, -0.15) is 0 Å². The first-order chi connectivity index (χ1) is 6.54. The van der Waals surface area contributed by atoms with E-state index in [0.29, 0.717) is 0 Å². The van der Waals surface area contributed by atoms with Crippen molar-refractivity contribution in [3.63, 3.8) is 0 Å². The zero-order valence-electron chi connectivity index (χ0n) is 7.64. The van der Waals surface area contributed by atoms with E-state index in [2.05, 4.69) is 0 Å². The van der Waals surface area contributed by atoms with Crippen LogP contribution in [0.4, 0.5) is 4.39 Å². The molecular weight excluding hydrogens is 187 g/mol. The van der Waals surface area contributed by atoms with Gasteiger partial charge in [-0.05, 0) is 11.6 Å². The molecule has 2 atom stereocenters. The number of carboxylic acids is 1. The Kier molecular flexibility index (Phi) is 3.19. The summed E-state index contributed by atoms with van der Waals surface area (Å²) in [5, 5.41) is 17.7. The molecule has 0 saturated heterocycles. The number of aliphatic hydroxyl groups excluding tert-OH is 1. The molecule has 1 rings (SSSR count). The lowest BCUT2D eigenvalue weighted by molar-refractivity contribution is -0.147. The second kappa shape index (κ2) is 4.19. The fraction of sp³-hybridized carbons (Fsp3) is 0.300. The Hall–Kier alpha value is -1.42. The van der Waals surface area contributed by atoms with Crippen LogP contribution in [0.3, 0.4) is 0 Å². The minimum Gasteiger partial charge on any atom is -0.479 e. The molecule has 0 saturated carbocycles. The van der Waals surface area contributed by atoms with E-state index < -0.39 is 23.8 Å². The van der Waals surface area contributed by atoms with Gasteiger partial charge in [-0.3, -0.25) is 0 Å². The maximum atomic E-state index is 13.2. The van der Waals surface area contributed by atoms with Crippen molar-refractivity contribution in [3.8, 4) is 0 Å². The first-order valence-electron chi connectivity index (χ1n) is 4.19. The molecule has 3 nitrogen and oxygen atoms in total. The van der Waals surface area contributed by atoms with Gasteiger partial charge in [0.1, 0.15) is 5.82 Å². The van der Waals surface area contributed by atoms with Crippen molar-refractivity contribution < 1.29 is 19.4 Å². The molecule has 2 N–H and O–H groups in total. The van der Waals surface area contributed by atoms with E-state index in [1.54, 1.807) is 6.07 Å². The van der Waals surface area contributed by atoms with Gasteiger partial charge in [0.05, 0.1) is 0 Å². The third kappa shape index (κ3) is 2.09. The van der Waals surface area contributed by atoms with Crippen LogP contribution >= 0.6 is 0 Å². The van der Waals surface area contributed by atoms with Gasteiger partial charge in [-0.25, -0.2) is 9.18 Å². The van der Waals surface area contributed by atoms with E-state index in [0.717, 1.165) is 0 Å². The van der Waals surface area contributed by atoms with E-state index >= 15 is 0 Å². The van der Waals surface area contributed by atoms with Gasteiger partial charge in [0, 0.05) is 5.92 Å². The normalized spacial score (nSPS) is 14.8. The lowest BCUT2D eigenvalue weighted by Crippen LogP contribution is -2.26. The van der Waals surface area contributed by atoms with Gasteiger partial charge in [-0.15, -0.1) is 0 Å². The van der Waals surface area contributed by atoms with Gasteiger partial charge in [0.25, 0.3) is 0 Å². The molecule has 0 aliphatic carbocycles. The van der Waals surface area contributed by atoms with Crippen molar-refractivity contribution in [2.75, 3.05) is 0 Å². The summed E-state index contributed by atoms with van der Waals surface area (Å²) in [7, 11) is 0. The maximum Gasteiger partial charge on any atom is 0.333 e. The summed E-state index contributed by atoms with van der Waals surface area (Å²) in [5.74, 6) is -2.60. The number of halogens is 1. The first kappa shape index (κ1) is 10.7. The van der Waals surface area contributed by atoms with Crippen LogP contribution in [0.5, 0.6) is 0 Å². The van der Waals surface area contributed by atoms with Gasteiger partial charge in [0.15, 0.2) is 6.10 Å². The SMILES string of the molecule is C[C@@H](c1ccccc1F)[C@@H](O)C(=O)O. The molecule has 14 heavy (non-hydrogen) atoms. The van der Waals surface area contributed by atoms with Crippen LogP contribution in [0.15, 0.2) is 24.3 Å². The quantitative estimate of drug-likeness (QED) is 0.771. The number of hydrogen-bond donors (Lipinski definition) is 2. The van der Waals surface area contributed by atoms with Crippen molar-refractivity contribution in [2.45, 2.75) is 18.9 Å². The van der Waals surface area contributed by atoms with Crippen LogP contribution in [0, 0.1) is 5.82 Å². The predicted molar refractivity (Wildman–Crippen MR) is 48.5 cm³/mol. The Bertz CT molecular complexity index is 338. The minimum absolute atomic E-state index is 0.211. The molecule has 0 aromatic heterocycles. The molecule has 0 radical (unpaired) electrons. The van der Waals surface area contributed by atoms with Crippen LogP contribution in [0.25, 0.3) is 0 Å². The Morgan fingerprint density at radius 2 is 2.00 bits per heavy atom. The molecule has 4 heteroatoms. The molecule has 0 bridgehead atoms. The standard InChI is InChI=1S/C10H11FO3/c1-6(9(12)10(13)14)7-4-2-3-5-8(7)11/h2-6,9,12H,1H3,(H,13,14)/t6-,9+/m0/s1. The summed E-state index contributed by atoms with van der Waals surface area (Å²) in [5.41, 5.74) is 0.211. The van der Waals surface area contributed by atoms with E-state index in [1.807, 2.05) is 0 Å². The fourth-order valence-electron chi connectivity index (χ4n) is 1.23. The van der Waals surface area contributed by atoms with Crippen LogP contribution in [0.2, 0.25) is 0 Å². The Morgan fingerprint density at radius 1 is 1.43 bits per heavy atom. The monoisotopic (exact) mass is 198 g/mol. The molecular formula is C10H11FO3. The zero-order valence-corrected chi connectivity index (χ0v) is 7.64. The summed E-state index contributed by atoms with van der Waals surface area (Å²) in [6.45, 7) is 1.47. The summed E-state index contributed by atoms with van der Waals surface area (Å²) in [6.07, 6.45) is -1.58. The van der Waals surface area contributed by atoms with Crippen molar-refractivity contribution >= 4 is 5.97 Å². The largest absolute Gasteiger partial charge is 0.479 e. The Morgan fingerprint density at radius 3 is 2.50 bits per heavy atom. The van der Waals surface area contributed by atoms with Crippen LogP contribution in [0.1, 0.15) is 18.4 Å². The van der Waals surface area contributed by atoms with Crippen LogP contribution < -0.4 is 0 Å². The van der Waals surface area contributed by atoms with Crippen molar-refractivity contribution in [1.29, 1.82) is 0 Å². The second-order valence-electron chi connectivity index (χ2n) is 3.09. The second-order valence-corrected chi connectivity index (χ2v) is 3.09. The summed E-state index contributed by atoms with van der Waals surface area (Å²) in [4.78, 5) is 10.5. The van der Waals surface area contributed by atoms with Crippen molar-refractivity contribution in [3.05, 3.63) is 35.6 Å². The highest BCUT2D eigenvalue weighted by atomic mass is 19.1. The summed E-state index contributed by atoms with van der Waals surface area (Å²) in [6, 6.07) is 5.81. The predicted octanol–water partition coefficient (Wildman–Crippen LogP) is 1.37. The van der Waals surface area contributed by atoms with E-state index in [9.17, 15) is 14.3 Å². The van der Waals surface area contributed by atoms with Crippen LogP contribution in [-0.4, -0.2) is 22.3 Å². The third-order valence-corrected chi connectivity index (χ3v) is 2.12. The van der Waals surface area contributed by atoms with E-state index in [-0.39, 0.29) is 5.56 Å². The maximum absolute atomic E-state index is 13.2. The summed E-state index contributed by atoms with van der Waals surface area (Å²) >= 11 is 0. The molecule has 0 heterocycles. The number of carbonyl (C=O) groups is 1. The Labute approximate surface area is 80.8 Å². The van der Waals surface area contributed by atoms with Crippen molar-refractivity contribution in [2.24, 2.45) is 0 Å². The molecule has 1 aromatic carbocycles. The number of carboxylic acid groups (broad SMARTS) is 1. The van der Waals surface area contributed by atoms with Crippen LogP contribution in [-0.2, 0) is 4.79 Å². The van der Waals surface area contributed by atoms with Crippen molar-refractivity contribution in [1.82, 2.24) is 0 Å². The molecule has 0 amide bonds. The Balaban J connectivity index is 2.94. The lowest BCUT2D eigenvalue weighted by atomic mass is 9.95. The smallest absolute Gasteiger partial charge is 0.333 e. The number of aliphatic carboxylic acids is 1. The number of rotatable bonds is 3. The molecule has 1 aromatic rings. The first-order valence-corrected chi connectivity index (χ1v) is 4.19. The van der Waals surface area contributed by atoms with Gasteiger partial charge in [-0.1, -0.05) is 25.1 Å². The summed E-state index contributed by atoms with van der Waals surface area (Å²) < 4.78 is 13.2. The van der Waals surface area contributed by atoms with Gasteiger partial charge in [0.2, 0.25) is 0 Å². The highest BCUT2D eigenvalue weighted by Gasteiger charge is 2.24. The molecule has 0 fully saturated rings. The van der Waals surface area contributed by atoms with Gasteiger partial charge < -0.3 is 10.2 Å². The highest BCUT2D eigenvalue weighted by Crippen LogP contribution is 2.21. The number of hydrogen-bond acceptors (Lipinski definition) is 2. The average Bonchev–Trinajstić information content (AvgIpc) is 2.16. The minimum atomic E-state index is -1.58. The number of aliphatic hydroxyl groups is 1. The fourth-order valence-corrected chi connectivity index (χ4v) is 1.23. The lowest BCUT2D eigenvalue weighted by Gasteiger charge is -2.15. The molecule has 0 aliphatic rings. The average molecular weight is 198 g/mol. The van der Waals surface area contributed by atoms with E-state index in [4.69, 9.17) is 5.11 Å². The molecule has 76 valence electrons. The third-order valence-electron chi connectivity index (χ3n) is 2.12. The zero-order chi connectivity index (χ0) is 10.7. The van der Waals surface area contributed by atoms with Gasteiger partial charge >= 0.3 is 5.97 Å². The molecule has 0 unspecified atom stereocenters. The number of benzene rings is 1. The molecule has 0 aliphatic heterocycles. The highest BCUT2D eigenvalue weighted by molar-refractivity contribution is 5.73.